The minimum Gasteiger partial charge on any atom is -0.349 e. The second-order valence-electron chi connectivity index (χ2n) is 8.03. The van der Waals surface area contributed by atoms with Crippen LogP contribution in [0.3, 0.4) is 0 Å². The van der Waals surface area contributed by atoms with Gasteiger partial charge in [-0.05, 0) is 0 Å². The third-order valence-electron chi connectivity index (χ3n) is 4.28. The number of alkyl halides is 15. The molecule has 0 fully saturated rings. The topological polar surface area (TPSA) is 18.8 Å². The Labute approximate surface area is 191 Å². The second-order valence-corrected chi connectivity index (χ2v) is 10.8. The predicted octanol–water partition coefficient (Wildman–Crippen LogP) is 6.24. The summed E-state index contributed by atoms with van der Waals surface area (Å²) in [7, 11) is 1.44. The molecule has 0 N–H and O–H groups in total. The van der Waals surface area contributed by atoms with E-state index in [0.717, 1.165) is 26.0 Å². The molecule has 0 aliphatic carbocycles. The van der Waals surface area contributed by atoms with Gasteiger partial charge < -0.3 is 9.80 Å². The highest BCUT2D eigenvalue weighted by Gasteiger charge is 2.90. The molecule has 0 amide bonds. The quantitative estimate of drug-likeness (QED) is 0.102. The third-order valence-corrected chi connectivity index (χ3v) is 5.38. The summed E-state index contributed by atoms with van der Waals surface area (Å²) in [6.45, 7) is 3.19. The summed E-state index contributed by atoms with van der Waals surface area (Å²) >= 11 is 0. The van der Waals surface area contributed by atoms with Crippen molar-refractivity contribution in [3.8, 4) is 0 Å². The van der Waals surface area contributed by atoms with Crippen molar-refractivity contribution in [1.82, 2.24) is 9.80 Å². The minimum absolute atomic E-state index is 0.126. The van der Waals surface area contributed by atoms with E-state index < -0.39 is 69.4 Å². The lowest BCUT2D eigenvalue weighted by molar-refractivity contribution is -0.425. The largest absolute Gasteiger partial charge is 0.414 e. The number of nitrogens with zero attached hydrogens (tertiary/aromatic N) is 3. The van der Waals surface area contributed by atoms with Crippen LogP contribution in [0.1, 0.15) is 12.8 Å². The molecule has 19 heteroatoms. The van der Waals surface area contributed by atoms with Gasteiger partial charge in [-0.1, -0.05) is 13.1 Å². The van der Waals surface area contributed by atoms with Crippen LogP contribution in [0.4, 0.5) is 65.9 Å². The van der Waals surface area contributed by atoms with Crippen molar-refractivity contribution in [3.63, 3.8) is 0 Å². The Morgan fingerprint density at radius 2 is 1.03 bits per heavy atom. The Morgan fingerprint density at radius 1 is 0.629 bits per heavy atom. The molecule has 3 nitrogen and oxygen atoms in total. The van der Waals surface area contributed by atoms with Gasteiger partial charge in [0.1, 0.15) is 0 Å². The van der Waals surface area contributed by atoms with E-state index in [2.05, 4.69) is 0 Å². The van der Waals surface area contributed by atoms with Crippen molar-refractivity contribution < 1.29 is 65.9 Å². The van der Waals surface area contributed by atoms with Gasteiger partial charge in [0, 0.05) is 40.2 Å². The number of halogens is 15. The van der Waals surface area contributed by atoms with E-state index >= 15 is 0 Å². The van der Waals surface area contributed by atoms with Gasteiger partial charge in [-0.2, -0.15) is 70.8 Å². The first-order valence-electron chi connectivity index (χ1n) is 9.20. The summed E-state index contributed by atoms with van der Waals surface area (Å²) in [5, 5.41) is 0. The van der Waals surface area contributed by atoms with E-state index in [1.165, 1.54) is 0 Å². The van der Waals surface area contributed by atoms with Crippen LogP contribution in [0.15, 0.2) is 4.99 Å². The van der Waals surface area contributed by atoms with Gasteiger partial charge in [-0.3, -0.25) is 0 Å². The van der Waals surface area contributed by atoms with Crippen LogP contribution in [0, 0.1) is 0 Å². The molecule has 0 rings (SSSR count). The highest BCUT2D eigenvalue weighted by Crippen LogP contribution is 2.61. The molecule has 0 saturated heterocycles. The minimum atomic E-state index is -7.95. The maximum atomic E-state index is 14.1. The van der Waals surface area contributed by atoms with Gasteiger partial charge in [0.2, 0.25) is 5.96 Å². The lowest BCUT2D eigenvalue weighted by Gasteiger charge is -2.41. The highest BCUT2D eigenvalue weighted by atomic mass is 28.3. The first-order valence-corrected chi connectivity index (χ1v) is 11.9. The van der Waals surface area contributed by atoms with E-state index in [0.29, 0.717) is 4.90 Å². The first-order chi connectivity index (χ1) is 15.1. The third kappa shape index (κ3) is 6.61. The smallest absolute Gasteiger partial charge is 0.349 e. The van der Waals surface area contributed by atoms with Crippen molar-refractivity contribution in [2.24, 2.45) is 4.99 Å². The monoisotopic (exact) mass is 568 g/mol. The van der Waals surface area contributed by atoms with E-state index in [1.807, 2.05) is 4.99 Å². The zero-order valence-corrected chi connectivity index (χ0v) is 19.6. The highest BCUT2D eigenvalue weighted by molar-refractivity contribution is 6.56. The fourth-order valence-corrected chi connectivity index (χ4v) is 3.63. The molecule has 0 aliphatic rings. The molecular weight excluding hydrogens is 547 g/mol. The van der Waals surface area contributed by atoms with E-state index in [9.17, 15) is 65.9 Å². The molecule has 0 spiro atoms. The molecule has 0 saturated carbocycles. The Morgan fingerprint density at radius 3 is 1.37 bits per heavy atom. The zero-order valence-electron chi connectivity index (χ0n) is 18.6. The summed E-state index contributed by atoms with van der Waals surface area (Å²) in [4.78, 5) is 3.35. The fraction of sp³-hybridized carbons (Fsp3) is 0.938. The van der Waals surface area contributed by atoms with Crippen LogP contribution < -0.4 is 0 Å². The Bertz CT molecular complexity index is 747. The van der Waals surface area contributed by atoms with Crippen LogP contribution >= 0.6 is 0 Å². The molecule has 0 unspecified atom stereocenters. The summed E-state index contributed by atoms with van der Waals surface area (Å²) in [6.07, 6.45) is -11.9. The van der Waals surface area contributed by atoms with Gasteiger partial charge >= 0.3 is 41.8 Å². The summed E-state index contributed by atoms with van der Waals surface area (Å²) < 4.78 is 202. The maximum Gasteiger partial charge on any atom is 0.414 e. The Hall–Kier alpha value is -1.56. The van der Waals surface area contributed by atoms with Crippen molar-refractivity contribution in [1.29, 1.82) is 0 Å². The summed E-state index contributed by atoms with van der Waals surface area (Å²) in [5.41, 5.74) is 0. The second kappa shape index (κ2) is 10.1. The Kier molecular flexibility index (Phi) is 9.62. The SMILES string of the molecule is CN(C)C(=NC(F)(F)C(F)(F)C(F)(F)C(F)(F)C(F)(F)C(F)(F)CCC(F)(F)F)N(C)C[Si](C)C. The number of guanidine groups is 1. The molecule has 0 aliphatic heterocycles. The summed E-state index contributed by atoms with van der Waals surface area (Å²) in [6, 6.07) is -6.57. The standard InChI is InChI=1S/C16H21F15N3Si/c1-33(2)9(34(3)8-35(4)5)32-16(30,31)15(28,29)14(26,27)13(24,25)12(22,23)10(17,18)6-7-11(19,20)21/h6-8H2,1-5H3. The fourth-order valence-electron chi connectivity index (χ4n) is 2.54. The van der Waals surface area contributed by atoms with E-state index in [-0.39, 0.29) is 6.17 Å². The van der Waals surface area contributed by atoms with Crippen molar-refractivity contribution in [3.05, 3.63) is 0 Å². The van der Waals surface area contributed by atoms with Crippen LogP contribution in [0.5, 0.6) is 0 Å². The number of hydrogen-bond acceptors (Lipinski definition) is 1. The predicted molar refractivity (Wildman–Crippen MR) is 96.2 cm³/mol. The lowest BCUT2D eigenvalue weighted by atomic mass is 9.91. The van der Waals surface area contributed by atoms with E-state index in [4.69, 9.17) is 0 Å². The van der Waals surface area contributed by atoms with Crippen LogP contribution in [-0.4, -0.2) is 93.7 Å². The molecule has 0 heterocycles. The van der Waals surface area contributed by atoms with Crippen molar-refractivity contribution in [2.45, 2.75) is 67.8 Å². The van der Waals surface area contributed by atoms with Crippen molar-refractivity contribution in [2.75, 3.05) is 27.3 Å². The molecule has 0 atom stereocenters. The normalized spacial score (nSPS) is 15.6. The number of rotatable bonds is 10. The van der Waals surface area contributed by atoms with Crippen LogP contribution in [0.2, 0.25) is 13.1 Å². The van der Waals surface area contributed by atoms with E-state index in [1.54, 1.807) is 13.1 Å². The molecule has 0 bridgehead atoms. The number of hydrogen-bond donors (Lipinski definition) is 0. The molecular formula is C16H21F15N3Si. The van der Waals surface area contributed by atoms with Crippen molar-refractivity contribution >= 4 is 14.8 Å². The van der Waals surface area contributed by atoms with Gasteiger partial charge in [-0.25, -0.2) is 0 Å². The zero-order chi connectivity index (χ0) is 28.6. The van der Waals surface area contributed by atoms with Crippen LogP contribution in [-0.2, 0) is 0 Å². The Balaban J connectivity index is 6.58. The number of aliphatic imine (C=N–C) groups is 1. The van der Waals surface area contributed by atoms with Gasteiger partial charge in [0.15, 0.2) is 0 Å². The molecule has 0 aromatic carbocycles. The average Bonchev–Trinajstić information content (AvgIpc) is 2.62. The van der Waals surface area contributed by atoms with Gasteiger partial charge in [-0.15, -0.1) is 0 Å². The molecule has 1 radical (unpaired) electrons. The van der Waals surface area contributed by atoms with Crippen LogP contribution in [0.25, 0.3) is 0 Å². The molecule has 0 aromatic rings. The van der Waals surface area contributed by atoms with Gasteiger partial charge in [0.05, 0.1) is 8.80 Å². The van der Waals surface area contributed by atoms with Gasteiger partial charge in [0.25, 0.3) is 0 Å². The summed E-state index contributed by atoms with van der Waals surface area (Å²) in [5.74, 6) is -38.8. The lowest BCUT2D eigenvalue weighted by Crippen LogP contribution is -2.70. The molecule has 209 valence electrons. The maximum absolute atomic E-state index is 14.1. The molecule has 0 aromatic heterocycles. The first kappa shape index (κ1) is 33.4. The molecule has 35 heavy (non-hydrogen) atoms. The average molecular weight is 568 g/mol.